The van der Waals surface area contributed by atoms with Crippen LogP contribution in [0.15, 0.2) is 36.4 Å². The van der Waals surface area contributed by atoms with E-state index in [0.29, 0.717) is 19.6 Å². The molecule has 2 heterocycles. The smallest absolute Gasteiger partial charge is 0.325 e. The minimum atomic E-state index is -1.52. The SMILES string of the molecule is C[Si+](C)C(C)(C)COCC1(C[C@@H]2N3[C@@H](C(=O)OC3(C)C)[C@H](c3cccc(Cl)c3F)[C@@]2(N)c2ccc(Cl)cc2F)CCC1. The minimum Gasteiger partial charge on any atom is -0.443 e. The van der Waals surface area contributed by atoms with Gasteiger partial charge in [-0.1, -0.05) is 47.8 Å². The summed E-state index contributed by atoms with van der Waals surface area (Å²) >= 11 is 12.4. The number of hydrogen-bond acceptors (Lipinski definition) is 5. The molecule has 2 aromatic rings. The number of nitrogens with two attached hydrogens (primary N) is 1. The predicted octanol–water partition coefficient (Wildman–Crippen LogP) is 7.67. The highest BCUT2D eigenvalue weighted by Crippen LogP contribution is 2.60. The number of carbonyl (C=O) groups excluding carboxylic acids is 1. The van der Waals surface area contributed by atoms with Gasteiger partial charge in [-0.25, -0.2) is 13.7 Å². The number of esters is 1. The Morgan fingerprint density at radius 1 is 1.17 bits per heavy atom. The number of benzene rings is 2. The van der Waals surface area contributed by atoms with E-state index < -0.39 is 55.7 Å². The van der Waals surface area contributed by atoms with Gasteiger partial charge >= 0.3 is 14.8 Å². The summed E-state index contributed by atoms with van der Waals surface area (Å²) in [6, 6.07) is 7.51. The third-order valence-electron chi connectivity index (χ3n) is 10.2. The number of halogens is 4. The Labute approximate surface area is 259 Å². The Morgan fingerprint density at radius 3 is 2.45 bits per heavy atom. The highest BCUT2D eigenvalue weighted by Gasteiger charge is 2.70. The Bertz CT molecular complexity index is 1370. The molecule has 2 saturated heterocycles. The normalized spacial score (nSPS) is 28.4. The van der Waals surface area contributed by atoms with E-state index in [1.807, 2.05) is 18.7 Å². The molecule has 228 valence electrons. The van der Waals surface area contributed by atoms with Crippen LogP contribution in [0.4, 0.5) is 8.78 Å². The van der Waals surface area contributed by atoms with Gasteiger partial charge in [-0.15, -0.1) is 0 Å². The molecule has 2 N–H and O–H groups in total. The zero-order valence-electron chi connectivity index (χ0n) is 25.2. The number of rotatable bonds is 9. The molecule has 5 nitrogen and oxygen atoms in total. The molecule has 1 aliphatic carbocycles. The van der Waals surface area contributed by atoms with E-state index in [1.54, 1.807) is 24.3 Å². The van der Waals surface area contributed by atoms with E-state index in [-0.39, 0.29) is 31.6 Å². The maximum atomic E-state index is 16.0. The molecule has 0 amide bonds. The highest BCUT2D eigenvalue weighted by molar-refractivity contribution is 6.59. The van der Waals surface area contributed by atoms with Gasteiger partial charge in [0.05, 0.1) is 36.9 Å². The maximum absolute atomic E-state index is 16.0. The Morgan fingerprint density at radius 2 is 1.86 bits per heavy atom. The van der Waals surface area contributed by atoms with E-state index in [9.17, 15) is 4.79 Å². The number of carbonyl (C=O) groups is 1. The van der Waals surface area contributed by atoms with Crippen LogP contribution in [0, 0.1) is 17.0 Å². The quantitative estimate of drug-likeness (QED) is 0.226. The van der Waals surface area contributed by atoms with Crippen LogP contribution in [0.5, 0.6) is 0 Å². The molecule has 0 radical (unpaired) electrons. The lowest BCUT2D eigenvalue weighted by atomic mass is 9.61. The average Bonchev–Trinajstić information content (AvgIpc) is 3.26. The second-order valence-corrected chi connectivity index (χ2v) is 18.0. The van der Waals surface area contributed by atoms with Gasteiger partial charge in [-0.3, -0.25) is 4.79 Å². The van der Waals surface area contributed by atoms with Crippen LogP contribution < -0.4 is 5.73 Å². The minimum absolute atomic E-state index is 0.0914. The molecular formula is C32H41Cl2F2N2O3Si+. The first kappa shape index (κ1) is 31.9. The summed E-state index contributed by atoms with van der Waals surface area (Å²) in [4.78, 5) is 15.6. The summed E-state index contributed by atoms with van der Waals surface area (Å²) in [7, 11) is -0.585. The van der Waals surface area contributed by atoms with Crippen LogP contribution in [0.3, 0.4) is 0 Å². The largest absolute Gasteiger partial charge is 0.443 e. The number of cyclic esters (lactones) is 1. The zero-order chi connectivity index (χ0) is 30.8. The van der Waals surface area contributed by atoms with Gasteiger partial charge in [0.2, 0.25) is 0 Å². The first-order chi connectivity index (χ1) is 19.5. The molecule has 2 aromatic carbocycles. The Balaban J connectivity index is 1.65. The van der Waals surface area contributed by atoms with Crippen molar-refractivity contribution in [3.05, 3.63) is 69.2 Å². The van der Waals surface area contributed by atoms with Gasteiger partial charge in [0.25, 0.3) is 0 Å². The van der Waals surface area contributed by atoms with Crippen molar-refractivity contribution in [1.29, 1.82) is 0 Å². The molecule has 3 fully saturated rings. The van der Waals surface area contributed by atoms with Gasteiger partial charge in [-0.05, 0) is 76.1 Å². The summed E-state index contributed by atoms with van der Waals surface area (Å²) in [5.74, 6) is -2.77. The van der Waals surface area contributed by atoms with Crippen molar-refractivity contribution in [3.8, 4) is 0 Å². The Kier molecular flexibility index (Phi) is 8.43. The molecule has 2 aliphatic heterocycles. The van der Waals surface area contributed by atoms with E-state index >= 15 is 8.78 Å². The van der Waals surface area contributed by atoms with Crippen molar-refractivity contribution in [2.24, 2.45) is 11.1 Å². The summed E-state index contributed by atoms with van der Waals surface area (Å²) in [5, 5.41) is 0.232. The molecule has 1 saturated carbocycles. The molecule has 0 aromatic heterocycles. The number of nitrogens with zero attached hydrogens (tertiary/aromatic N) is 1. The van der Waals surface area contributed by atoms with Crippen LogP contribution >= 0.6 is 23.2 Å². The second-order valence-electron chi connectivity index (χ2n) is 13.8. The van der Waals surface area contributed by atoms with E-state index in [2.05, 4.69) is 26.9 Å². The summed E-state index contributed by atoms with van der Waals surface area (Å²) in [6.45, 7) is 13.9. The van der Waals surface area contributed by atoms with E-state index in [1.165, 1.54) is 12.1 Å². The first-order valence-electron chi connectivity index (χ1n) is 14.6. The van der Waals surface area contributed by atoms with Crippen LogP contribution in [-0.4, -0.2) is 50.7 Å². The van der Waals surface area contributed by atoms with Crippen molar-refractivity contribution >= 4 is 38.0 Å². The van der Waals surface area contributed by atoms with Crippen molar-refractivity contribution in [3.63, 3.8) is 0 Å². The summed E-state index contributed by atoms with van der Waals surface area (Å²) in [5.41, 5.74) is 5.03. The molecular weight excluding hydrogens is 597 g/mol. The van der Waals surface area contributed by atoms with Crippen LogP contribution in [-0.2, 0) is 19.8 Å². The third-order valence-corrected chi connectivity index (χ3v) is 13.6. The first-order valence-corrected chi connectivity index (χ1v) is 17.9. The van der Waals surface area contributed by atoms with Crippen molar-refractivity contribution in [2.45, 2.75) is 101 Å². The molecule has 42 heavy (non-hydrogen) atoms. The van der Waals surface area contributed by atoms with Crippen molar-refractivity contribution in [2.75, 3.05) is 13.2 Å². The van der Waals surface area contributed by atoms with Gasteiger partial charge in [0, 0.05) is 22.5 Å². The molecule has 0 unspecified atom stereocenters. The highest BCUT2D eigenvalue weighted by atomic mass is 35.5. The summed E-state index contributed by atoms with van der Waals surface area (Å²) < 4.78 is 44.1. The van der Waals surface area contributed by atoms with Crippen LogP contribution in [0.25, 0.3) is 0 Å². The topological polar surface area (TPSA) is 64.8 Å². The lowest BCUT2D eigenvalue weighted by Gasteiger charge is -2.50. The molecule has 5 rings (SSSR count). The number of fused-ring (bicyclic) bond motifs is 1. The van der Waals surface area contributed by atoms with Gasteiger partial charge in [0.1, 0.15) is 22.7 Å². The maximum Gasteiger partial charge on any atom is 0.325 e. The summed E-state index contributed by atoms with van der Waals surface area (Å²) in [6.07, 6.45) is 3.40. The number of ether oxygens (including phenoxy) is 2. The molecule has 4 atom stereocenters. The third kappa shape index (κ3) is 5.24. The van der Waals surface area contributed by atoms with Gasteiger partial charge in [-0.2, -0.15) is 0 Å². The van der Waals surface area contributed by atoms with E-state index in [4.69, 9.17) is 38.4 Å². The van der Waals surface area contributed by atoms with Crippen molar-refractivity contribution in [1.82, 2.24) is 4.90 Å². The van der Waals surface area contributed by atoms with Crippen LogP contribution in [0.2, 0.25) is 28.2 Å². The van der Waals surface area contributed by atoms with Crippen molar-refractivity contribution < 1.29 is 23.0 Å². The molecule has 10 heteroatoms. The predicted molar refractivity (Wildman–Crippen MR) is 164 cm³/mol. The molecule has 0 spiro atoms. The standard InChI is InChI=1S/C32H41Cl2F2N2O3Si/c1-29(2,42(5)6)17-40-18-31(13-8-14-31)16-24-32(37,21-12-11-19(33)15-23(21)35)25(20-9-7-10-22(34)26(20)36)27-28(39)41-30(3,4)38(24)27/h7,9-12,15,24-25,27H,8,13-14,16-18,37H2,1-6H3/q+1/t24-,25-,27+,32+/m0/s1. The molecule has 3 aliphatic rings. The fourth-order valence-electron chi connectivity index (χ4n) is 7.18. The molecule has 0 bridgehead atoms. The second kappa shape index (κ2) is 11.1. The van der Waals surface area contributed by atoms with Gasteiger partial charge in [0.15, 0.2) is 5.72 Å². The fraction of sp³-hybridized carbons (Fsp3) is 0.594. The van der Waals surface area contributed by atoms with Crippen LogP contribution in [0.1, 0.15) is 70.4 Å². The monoisotopic (exact) mass is 637 g/mol. The average molecular weight is 639 g/mol. The lowest BCUT2D eigenvalue weighted by molar-refractivity contribution is -0.153. The number of hydrogen-bond donors (Lipinski definition) is 1. The van der Waals surface area contributed by atoms with E-state index in [0.717, 1.165) is 19.3 Å². The Hall–Kier alpha value is -1.55. The fourth-order valence-corrected chi connectivity index (χ4v) is 7.91. The lowest BCUT2D eigenvalue weighted by Crippen LogP contribution is -2.58. The van der Waals surface area contributed by atoms with Gasteiger partial charge < -0.3 is 15.2 Å². The zero-order valence-corrected chi connectivity index (χ0v) is 27.7.